The van der Waals surface area contributed by atoms with Gasteiger partial charge in [-0.25, -0.2) is 4.98 Å². The van der Waals surface area contributed by atoms with Gasteiger partial charge in [-0.15, -0.1) is 35.3 Å². The van der Waals surface area contributed by atoms with Gasteiger partial charge in [0.05, 0.1) is 17.2 Å². The van der Waals surface area contributed by atoms with Crippen LogP contribution in [-0.4, -0.2) is 46.3 Å². The van der Waals surface area contributed by atoms with Gasteiger partial charge in [-0.2, -0.15) is 5.10 Å². The second-order valence-corrected chi connectivity index (χ2v) is 6.54. The van der Waals surface area contributed by atoms with Crippen molar-refractivity contribution in [2.75, 3.05) is 20.6 Å². The summed E-state index contributed by atoms with van der Waals surface area (Å²) in [6.45, 7) is 6.74. The van der Waals surface area contributed by atoms with Gasteiger partial charge in [-0.1, -0.05) is 6.92 Å². The molecule has 23 heavy (non-hydrogen) atoms. The molecule has 2 aromatic heterocycles. The van der Waals surface area contributed by atoms with E-state index in [1.54, 1.807) is 11.3 Å². The van der Waals surface area contributed by atoms with Crippen LogP contribution in [0.3, 0.4) is 0 Å². The highest BCUT2D eigenvalue weighted by atomic mass is 127. The van der Waals surface area contributed by atoms with Crippen LogP contribution in [0.2, 0.25) is 0 Å². The highest BCUT2D eigenvalue weighted by Gasteiger charge is 2.10. The molecule has 0 saturated heterocycles. The Kier molecular flexibility index (Phi) is 8.53. The molecule has 1 N–H and O–H groups in total. The van der Waals surface area contributed by atoms with Gasteiger partial charge in [-0.05, 0) is 18.9 Å². The lowest BCUT2D eigenvalue weighted by Gasteiger charge is -2.23. The van der Waals surface area contributed by atoms with Gasteiger partial charge in [0, 0.05) is 45.0 Å². The summed E-state index contributed by atoms with van der Waals surface area (Å²) >= 11 is 1.68. The molecule has 2 aromatic rings. The summed E-state index contributed by atoms with van der Waals surface area (Å²) in [5.74, 6) is 1.35. The summed E-state index contributed by atoms with van der Waals surface area (Å²) in [5.41, 5.74) is 1.08. The SMILES string of the molecule is CN=C(NCC(C)Cn1cccn1)N(C)Cc1csc(C)n1.I. The van der Waals surface area contributed by atoms with Crippen molar-refractivity contribution in [2.24, 2.45) is 10.9 Å². The van der Waals surface area contributed by atoms with E-state index in [4.69, 9.17) is 0 Å². The first kappa shape index (κ1) is 19.9. The number of aromatic nitrogens is 3. The van der Waals surface area contributed by atoms with Gasteiger partial charge in [0.15, 0.2) is 5.96 Å². The van der Waals surface area contributed by atoms with Gasteiger partial charge in [0.25, 0.3) is 0 Å². The molecule has 1 unspecified atom stereocenters. The second-order valence-electron chi connectivity index (χ2n) is 5.48. The van der Waals surface area contributed by atoms with Crippen molar-refractivity contribution in [1.82, 2.24) is 25.0 Å². The van der Waals surface area contributed by atoms with E-state index in [0.29, 0.717) is 5.92 Å². The van der Waals surface area contributed by atoms with Crippen molar-refractivity contribution in [3.63, 3.8) is 0 Å². The summed E-state index contributed by atoms with van der Waals surface area (Å²) in [5, 5.41) is 10.8. The lowest BCUT2D eigenvalue weighted by molar-refractivity contribution is 0.421. The second kappa shape index (κ2) is 9.86. The van der Waals surface area contributed by atoms with Crippen LogP contribution in [0.4, 0.5) is 0 Å². The zero-order valence-electron chi connectivity index (χ0n) is 14.1. The Hall–Kier alpha value is -1.16. The van der Waals surface area contributed by atoms with E-state index in [0.717, 1.165) is 36.3 Å². The Balaban J connectivity index is 0.00000264. The number of hydrogen-bond donors (Lipinski definition) is 1. The molecule has 0 aliphatic carbocycles. The minimum Gasteiger partial charge on any atom is -0.356 e. The number of nitrogens with one attached hydrogen (secondary N) is 1. The molecule has 0 aliphatic rings. The zero-order valence-corrected chi connectivity index (χ0v) is 17.2. The summed E-state index contributed by atoms with van der Waals surface area (Å²) in [6, 6.07) is 1.95. The van der Waals surface area contributed by atoms with E-state index >= 15 is 0 Å². The zero-order chi connectivity index (χ0) is 15.9. The number of rotatable bonds is 6. The minimum atomic E-state index is 0. The smallest absolute Gasteiger partial charge is 0.193 e. The first-order valence-electron chi connectivity index (χ1n) is 7.38. The third-order valence-corrected chi connectivity index (χ3v) is 4.13. The maximum atomic E-state index is 4.49. The van der Waals surface area contributed by atoms with E-state index in [1.165, 1.54) is 0 Å². The molecule has 0 spiro atoms. The fourth-order valence-electron chi connectivity index (χ4n) is 2.24. The fourth-order valence-corrected chi connectivity index (χ4v) is 2.85. The quantitative estimate of drug-likeness (QED) is 0.420. The number of hydrogen-bond acceptors (Lipinski definition) is 4. The molecule has 0 radical (unpaired) electrons. The van der Waals surface area contributed by atoms with Crippen molar-refractivity contribution < 1.29 is 0 Å². The molecule has 128 valence electrons. The number of nitrogens with zero attached hydrogens (tertiary/aromatic N) is 5. The van der Waals surface area contributed by atoms with Crippen molar-refractivity contribution >= 4 is 41.3 Å². The number of guanidine groups is 1. The van der Waals surface area contributed by atoms with Crippen LogP contribution in [0.5, 0.6) is 0 Å². The van der Waals surface area contributed by atoms with E-state index in [-0.39, 0.29) is 24.0 Å². The van der Waals surface area contributed by atoms with Crippen LogP contribution in [0, 0.1) is 12.8 Å². The molecule has 2 heterocycles. The summed E-state index contributed by atoms with van der Waals surface area (Å²) in [4.78, 5) is 10.9. The topological polar surface area (TPSA) is 58.3 Å². The Labute approximate surface area is 159 Å². The lowest BCUT2D eigenvalue weighted by atomic mass is 10.2. The number of aliphatic imine (C=N–C) groups is 1. The maximum absolute atomic E-state index is 4.49. The molecule has 0 amide bonds. The molecule has 8 heteroatoms. The average Bonchev–Trinajstić information content (AvgIpc) is 3.11. The average molecular weight is 448 g/mol. The van der Waals surface area contributed by atoms with Crippen LogP contribution in [0.25, 0.3) is 0 Å². The Bertz CT molecular complexity index is 595. The first-order chi connectivity index (χ1) is 10.6. The molecule has 0 saturated carbocycles. The molecule has 0 fully saturated rings. The van der Waals surface area contributed by atoms with Crippen LogP contribution in [0.1, 0.15) is 17.6 Å². The fraction of sp³-hybridized carbons (Fsp3) is 0.533. The standard InChI is InChI=1S/C15H24N6S.HI/c1-12(9-21-7-5-6-18-21)8-17-15(16-3)20(4)10-14-11-22-13(2)19-14;/h5-7,11-12H,8-10H2,1-4H3,(H,16,17);1H. The third-order valence-electron chi connectivity index (χ3n) is 3.31. The van der Waals surface area contributed by atoms with Crippen molar-refractivity contribution in [2.45, 2.75) is 26.9 Å². The summed E-state index contributed by atoms with van der Waals surface area (Å²) in [6.07, 6.45) is 3.80. The lowest BCUT2D eigenvalue weighted by Crippen LogP contribution is -2.40. The van der Waals surface area contributed by atoms with Gasteiger partial charge in [0.1, 0.15) is 0 Å². The maximum Gasteiger partial charge on any atom is 0.193 e. The highest BCUT2D eigenvalue weighted by molar-refractivity contribution is 14.0. The predicted molar refractivity (Wildman–Crippen MR) is 106 cm³/mol. The van der Waals surface area contributed by atoms with Gasteiger partial charge in [0.2, 0.25) is 0 Å². The number of aryl methyl sites for hydroxylation is 1. The third kappa shape index (κ3) is 6.46. The molecule has 0 bridgehead atoms. The molecule has 1 atom stereocenters. The number of halogens is 1. The van der Waals surface area contributed by atoms with Crippen molar-refractivity contribution in [3.05, 3.63) is 34.5 Å². The molecule has 0 aliphatic heterocycles. The molecule has 0 aromatic carbocycles. The van der Waals surface area contributed by atoms with Crippen LogP contribution in [-0.2, 0) is 13.1 Å². The van der Waals surface area contributed by atoms with Crippen molar-refractivity contribution in [3.8, 4) is 0 Å². The molecule has 2 rings (SSSR count). The van der Waals surface area contributed by atoms with Crippen molar-refractivity contribution in [1.29, 1.82) is 0 Å². The Morgan fingerprint density at radius 2 is 2.30 bits per heavy atom. The molecule has 6 nitrogen and oxygen atoms in total. The summed E-state index contributed by atoms with van der Waals surface area (Å²) < 4.78 is 1.96. The van der Waals surface area contributed by atoms with E-state index < -0.39 is 0 Å². The monoisotopic (exact) mass is 448 g/mol. The predicted octanol–water partition coefficient (Wildman–Crippen LogP) is 2.61. The minimum absolute atomic E-state index is 0. The first-order valence-corrected chi connectivity index (χ1v) is 8.26. The van der Waals surface area contributed by atoms with E-state index in [1.807, 2.05) is 44.2 Å². The molecular weight excluding hydrogens is 423 g/mol. The largest absolute Gasteiger partial charge is 0.356 e. The Morgan fingerprint density at radius 1 is 1.52 bits per heavy atom. The van der Waals surface area contributed by atoms with Crippen LogP contribution in [0.15, 0.2) is 28.8 Å². The normalized spacial score (nSPS) is 12.6. The van der Waals surface area contributed by atoms with Crippen LogP contribution < -0.4 is 5.32 Å². The van der Waals surface area contributed by atoms with Crippen LogP contribution >= 0.6 is 35.3 Å². The van der Waals surface area contributed by atoms with Gasteiger partial charge in [-0.3, -0.25) is 9.67 Å². The molecular formula is C15H25IN6S. The van der Waals surface area contributed by atoms with E-state index in [2.05, 4.69) is 37.6 Å². The van der Waals surface area contributed by atoms with Gasteiger partial charge < -0.3 is 10.2 Å². The summed E-state index contributed by atoms with van der Waals surface area (Å²) in [7, 11) is 3.84. The number of thiazole rings is 1. The van der Waals surface area contributed by atoms with Gasteiger partial charge >= 0.3 is 0 Å². The highest BCUT2D eigenvalue weighted by Crippen LogP contribution is 2.09. The Morgan fingerprint density at radius 3 is 2.87 bits per heavy atom. The van der Waals surface area contributed by atoms with E-state index in [9.17, 15) is 0 Å².